The van der Waals surface area contributed by atoms with E-state index >= 15 is 0 Å². The van der Waals surface area contributed by atoms with Crippen molar-refractivity contribution in [2.75, 3.05) is 26.4 Å². The van der Waals surface area contributed by atoms with Crippen LogP contribution in [0.1, 0.15) is 32.2 Å². The lowest BCUT2D eigenvalue weighted by Crippen LogP contribution is -2.57. The summed E-state index contributed by atoms with van der Waals surface area (Å²) in [7, 11) is -1.85. The number of aromatic nitrogens is 3. The maximum absolute atomic E-state index is 9.80. The van der Waals surface area contributed by atoms with Crippen molar-refractivity contribution in [3.8, 4) is 0 Å². The highest BCUT2D eigenvalue weighted by Crippen LogP contribution is 2.44. The van der Waals surface area contributed by atoms with Crippen molar-refractivity contribution in [2.45, 2.75) is 50.1 Å². The second kappa shape index (κ2) is 17.8. The van der Waals surface area contributed by atoms with E-state index in [1.165, 1.54) is 0 Å². The molecular weight excluding hydrogens is 874 g/mol. The van der Waals surface area contributed by atoms with Crippen LogP contribution in [-0.4, -0.2) is 54.8 Å². The summed E-state index contributed by atoms with van der Waals surface area (Å²) in [5.41, 5.74) is 0.428. The number of pyridine rings is 3. The van der Waals surface area contributed by atoms with Crippen molar-refractivity contribution in [3.05, 3.63) is 84.4 Å². The first-order chi connectivity index (χ1) is 19.2. The van der Waals surface area contributed by atoms with Gasteiger partial charge in [-0.05, 0) is 118 Å². The number of hydrogen-bond donors (Lipinski definition) is 1. The molecule has 2 fully saturated rings. The molecule has 0 saturated carbocycles. The van der Waals surface area contributed by atoms with Crippen LogP contribution in [-0.2, 0) is 47.5 Å². The molecule has 0 aromatic carbocycles. The van der Waals surface area contributed by atoms with Crippen molar-refractivity contribution in [2.24, 2.45) is 0 Å². The summed E-state index contributed by atoms with van der Waals surface area (Å²) in [5.74, 6) is 0. The van der Waals surface area contributed by atoms with Crippen LogP contribution in [0, 0.1) is 0 Å². The van der Waals surface area contributed by atoms with Gasteiger partial charge in [-0.2, -0.15) is 13.5 Å². The van der Waals surface area contributed by atoms with Crippen LogP contribution in [0.4, 0.5) is 0 Å². The van der Waals surface area contributed by atoms with Gasteiger partial charge in [0.25, 0.3) is 0 Å². The molecule has 0 amide bonds. The third kappa shape index (κ3) is 11.5. The van der Waals surface area contributed by atoms with Gasteiger partial charge < -0.3 is 19.0 Å². The predicted molar refractivity (Wildman–Crippen MR) is 194 cm³/mol. The Balaban J connectivity index is 0.000000328. The molecule has 0 bridgehead atoms. The highest BCUT2D eigenvalue weighted by Gasteiger charge is 2.50. The summed E-state index contributed by atoms with van der Waals surface area (Å²) < 4.78 is 20.2. The Kier molecular flexibility index (Phi) is 17.0. The molecule has 2 saturated heterocycles. The van der Waals surface area contributed by atoms with Crippen LogP contribution in [0.25, 0.3) is 0 Å². The van der Waals surface area contributed by atoms with E-state index in [0.29, 0.717) is 32.1 Å². The van der Waals surface area contributed by atoms with Gasteiger partial charge in [-0.15, -0.1) is 0 Å². The molecule has 1 N–H and O–H groups in total. The van der Waals surface area contributed by atoms with Gasteiger partial charge in [-0.25, -0.2) is 15.0 Å². The van der Waals surface area contributed by atoms with Gasteiger partial charge >= 0.3 is 0 Å². The third-order valence-corrected chi connectivity index (χ3v) is 12.9. The molecule has 2 aliphatic heterocycles. The third-order valence-electron chi connectivity index (χ3n) is 6.66. The minimum absolute atomic E-state index is 0. The molecule has 0 atom stereocenters. The summed E-state index contributed by atoms with van der Waals surface area (Å²) in [6.07, 6.45) is 0. The summed E-state index contributed by atoms with van der Waals surface area (Å²) in [5, 5.41) is 9.98. The van der Waals surface area contributed by atoms with E-state index < -0.39 is 13.9 Å². The Morgan fingerprint density at radius 1 is 0.738 bits per heavy atom. The zero-order chi connectivity index (χ0) is 30.9. The maximum Gasteiger partial charge on any atom is 0.193 e. The molecule has 0 spiro atoms. The average molecular weight is 909 g/mol. The molecule has 5 heterocycles. The van der Waals surface area contributed by atoms with Crippen molar-refractivity contribution in [3.63, 3.8) is 0 Å². The van der Waals surface area contributed by atoms with E-state index in [9.17, 15) is 5.11 Å². The maximum atomic E-state index is 9.80. The van der Waals surface area contributed by atoms with Crippen LogP contribution in [0.15, 0.2) is 73.0 Å². The lowest BCUT2D eigenvalue weighted by atomic mass is 9.97. The second-order valence-corrected chi connectivity index (χ2v) is 18.8. The van der Waals surface area contributed by atoms with Crippen molar-refractivity contribution in [1.82, 2.24) is 15.0 Å². The SMILES string of the molecule is Brc1cccc(Br)n1.CC(C)(C)[Si](C)(C)OC1(c2cccc(Br)n2)COC1.OC1(c2cccc(Br)n2)COC1.S.S=S. The second-order valence-electron chi connectivity index (χ2n) is 10.8. The minimum atomic E-state index is -1.85. The lowest BCUT2D eigenvalue weighted by Gasteiger charge is -2.49. The highest BCUT2D eigenvalue weighted by atomic mass is 79.9. The molecule has 0 aliphatic carbocycles. The number of aliphatic hydroxyl groups is 1. The standard InChI is InChI=1S/C14H22BrNO2Si.C8H8BrNO2.C5H3Br2N.S2.H2S/c1-13(2,3)19(4,5)18-14(9-17-10-14)11-7-6-8-12(15)16-11;9-7-3-1-2-6(10-7)8(11)4-12-5-8;6-4-2-1-3-5(7)8-4;1-2;/h6-8H,9-10H2,1-5H3;1-3,11H,4-5H2;1-3H;;1H2. The van der Waals surface area contributed by atoms with Gasteiger partial charge in [0.2, 0.25) is 0 Å². The molecule has 3 aromatic rings. The van der Waals surface area contributed by atoms with Crippen molar-refractivity contribution < 1.29 is 19.0 Å². The van der Waals surface area contributed by atoms with Crippen LogP contribution in [0.3, 0.4) is 0 Å². The van der Waals surface area contributed by atoms with Gasteiger partial charge in [-0.3, -0.25) is 0 Å². The molecule has 0 radical (unpaired) electrons. The number of nitrogens with zero attached hydrogens (tertiary/aromatic N) is 3. The number of halogens is 4. The van der Waals surface area contributed by atoms with Gasteiger partial charge in [-0.1, -0.05) is 39.0 Å². The zero-order valence-electron chi connectivity index (χ0n) is 23.9. The first-order valence-corrected chi connectivity index (χ1v) is 19.9. The smallest absolute Gasteiger partial charge is 0.193 e. The first kappa shape index (κ1) is 40.2. The van der Waals surface area contributed by atoms with Crippen LogP contribution >= 0.6 is 77.2 Å². The normalized spacial score (nSPS) is 16.2. The van der Waals surface area contributed by atoms with Crippen molar-refractivity contribution >= 4 is 108 Å². The van der Waals surface area contributed by atoms with Crippen LogP contribution < -0.4 is 0 Å². The Hall–Kier alpha value is 0.217. The molecule has 3 aromatic heterocycles. The average Bonchev–Trinajstić information content (AvgIpc) is 2.86. The van der Waals surface area contributed by atoms with E-state index in [1.54, 1.807) is 6.07 Å². The Morgan fingerprint density at radius 2 is 1.12 bits per heavy atom. The van der Waals surface area contributed by atoms with E-state index in [2.05, 4.69) is 135 Å². The molecule has 7 nitrogen and oxygen atoms in total. The Labute approximate surface area is 300 Å². The monoisotopic (exact) mass is 905 g/mol. The lowest BCUT2D eigenvalue weighted by molar-refractivity contribution is -0.186. The summed E-state index contributed by atoms with van der Waals surface area (Å²) in [6, 6.07) is 17.1. The minimum Gasteiger partial charge on any atom is -0.402 e. The van der Waals surface area contributed by atoms with Gasteiger partial charge in [0, 0.05) is 22.4 Å². The van der Waals surface area contributed by atoms with Gasteiger partial charge in [0.15, 0.2) is 13.9 Å². The summed E-state index contributed by atoms with van der Waals surface area (Å²) in [6.45, 7) is 13.2. The molecule has 232 valence electrons. The molecular formula is C27H35Br4N3O4S3Si. The van der Waals surface area contributed by atoms with E-state index in [1.807, 2.05) is 48.5 Å². The van der Waals surface area contributed by atoms with Gasteiger partial charge in [0.05, 0.1) is 37.8 Å². The van der Waals surface area contributed by atoms with Crippen LogP contribution in [0.5, 0.6) is 0 Å². The first-order valence-electron chi connectivity index (χ1n) is 12.4. The number of rotatable bonds is 4. The van der Waals surface area contributed by atoms with E-state index in [0.717, 1.165) is 24.1 Å². The molecule has 2 aliphatic rings. The highest BCUT2D eigenvalue weighted by molar-refractivity contribution is 9.11. The Morgan fingerprint density at radius 3 is 1.43 bits per heavy atom. The van der Waals surface area contributed by atoms with Crippen molar-refractivity contribution in [1.29, 1.82) is 0 Å². The fourth-order valence-corrected chi connectivity index (χ4v) is 6.46. The largest absolute Gasteiger partial charge is 0.402 e. The summed E-state index contributed by atoms with van der Waals surface area (Å²) in [4.78, 5) is 12.7. The molecule has 0 unspecified atom stereocenters. The number of hydrogen-bond acceptors (Lipinski definition) is 9. The Bertz CT molecular complexity index is 1270. The van der Waals surface area contributed by atoms with E-state index in [4.69, 9.17) is 13.9 Å². The summed E-state index contributed by atoms with van der Waals surface area (Å²) >= 11 is 20.5. The molecule has 15 heteroatoms. The predicted octanol–water partition coefficient (Wildman–Crippen LogP) is 7.87. The quantitative estimate of drug-likeness (QED) is 0.208. The fourth-order valence-electron chi connectivity index (χ4n) is 3.34. The molecule has 42 heavy (non-hydrogen) atoms. The zero-order valence-corrected chi connectivity index (χ0v) is 33.8. The fraction of sp³-hybridized carbons (Fsp3) is 0.444. The van der Waals surface area contributed by atoms with Crippen LogP contribution in [0.2, 0.25) is 18.1 Å². The molecule has 5 rings (SSSR count). The van der Waals surface area contributed by atoms with Gasteiger partial charge in [0.1, 0.15) is 24.0 Å². The number of ether oxygens (including phenoxy) is 2. The topological polar surface area (TPSA) is 86.6 Å². The van der Waals surface area contributed by atoms with E-state index in [-0.39, 0.29) is 24.1 Å².